The first kappa shape index (κ1) is 10.3. The third-order valence-electron chi connectivity index (χ3n) is 4.45. The van der Waals surface area contributed by atoms with Gasteiger partial charge in [-0.1, -0.05) is 42.3 Å². The molecule has 1 unspecified atom stereocenters. The van der Waals surface area contributed by atoms with Gasteiger partial charge in [-0.15, -0.1) is 0 Å². The molecule has 0 bridgehead atoms. The summed E-state index contributed by atoms with van der Waals surface area (Å²) in [4.78, 5) is 4.81. The van der Waals surface area contributed by atoms with Crippen LogP contribution in [0, 0.1) is 5.92 Å². The molecule has 0 amide bonds. The van der Waals surface area contributed by atoms with Crippen LogP contribution in [-0.4, -0.2) is 6.54 Å². The number of benzene rings is 2. The largest absolute Gasteiger partial charge is 0.284 e. The van der Waals surface area contributed by atoms with Gasteiger partial charge in [-0.2, -0.15) is 0 Å². The predicted octanol–water partition coefficient (Wildman–Crippen LogP) is 2.81. The van der Waals surface area contributed by atoms with Crippen LogP contribution in [-0.2, 0) is 0 Å². The van der Waals surface area contributed by atoms with E-state index in [1.165, 1.54) is 47.0 Å². The summed E-state index contributed by atoms with van der Waals surface area (Å²) < 4.78 is 0. The molecule has 0 radical (unpaired) electrons. The van der Waals surface area contributed by atoms with Gasteiger partial charge in [0, 0.05) is 17.7 Å². The van der Waals surface area contributed by atoms with Crippen molar-refractivity contribution in [3.05, 3.63) is 47.0 Å². The van der Waals surface area contributed by atoms with Crippen molar-refractivity contribution in [1.82, 2.24) is 0 Å². The van der Waals surface area contributed by atoms with Crippen molar-refractivity contribution in [2.24, 2.45) is 10.9 Å². The van der Waals surface area contributed by atoms with E-state index in [2.05, 4.69) is 36.4 Å². The highest BCUT2D eigenvalue weighted by Crippen LogP contribution is 2.31. The Labute approximate surface area is 107 Å². The number of fused-ring (bicyclic) bond motifs is 4. The minimum Gasteiger partial charge on any atom is -0.284 e. The zero-order valence-corrected chi connectivity index (χ0v) is 10.5. The Morgan fingerprint density at radius 1 is 1.00 bits per heavy atom. The first-order valence-electron chi connectivity index (χ1n) is 6.99. The molecule has 2 aromatic carbocycles. The van der Waals surface area contributed by atoms with Crippen LogP contribution in [0.5, 0.6) is 0 Å². The summed E-state index contributed by atoms with van der Waals surface area (Å²) in [5.41, 5.74) is 1.68. The van der Waals surface area contributed by atoms with Crippen molar-refractivity contribution in [2.45, 2.75) is 25.7 Å². The molecular formula is C17H17N. The van der Waals surface area contributed by atoms with Gasteiger partial charge in [0.1, 0.15) is 0 Å². The summed E-state index contributed by atoms with van der Waals surface area (Å²) in [6.45, 7) is 1.01. The van der Waals surface area contributed by atoms with E-state index in [1.807, 2.05) is 0 Å². The molecule has 1 fully saturated rings. The standard InChI is InChI=1S/C17H17N/c1-3-7-14-12(5-1)9-10-16-17(14)15-8-4-2-6-13(15)11-18-16/h1,3,5,7,9-10,13H,2,4,6,8,11H2. The van der Waals surface area contributed by atoms with Gasteiger partial charge in [0.25, 0.3) is 0 Å². The van der Waals surface area contributed by atoms with Gasteiger partial charge in [-0.3, -0.25) is 4.99 Å². The molecule has 0 saturated heterocycles. The molecule has 90 valence electrons. The second kappa shape index (κ2) is 3.94. The third kappa shape index (κ3) is 1.43. The predicted molar refractivity (Wildman–Crippen MR) is 75.0 cm³/mol. The van der Waals surface area contributed by atoms with E-state index in [9.17, 15) is 0 Å². The fourth-order valence-electron chi connectivity index (χ4n) is 3.55. The molecule has 1 aliphatic carbocycles. The molecule has 18 heavy (non-hydrogen) atoms. The summed E-state index contributed by atoms with van der Waals surface area (Å²) in [6.07, 6.45) is 5.35. The second-order valence-electron chi connectivity index (χ2n) is 5.49. The third-order valence-corrected chi connectivity index (χ3v) is 4.45. The van der Waals surface area contributed by atoms with E-state index in [1.54, 1.807) is 5.57 Å². The summed E-state index contributed by atoms with van der Waals surface area (Å²) in [7, 11) is 0. The van der Waals surface area contributed by atoms with Crippen LogP contribution in [0.2, 0.25) is 0 Å². The van der Waals surface area contributed by atoms with Crippen LogP contribution >= 0.6 is 0 Å². The van der Waals surface area contributed by atoms with Gasteiger partial charge in [-0.05, 0) is 36.1 Å². The van der Waals surface area contributed by atoms with E-state index in [0.29, 0.717) is 0 Å². The quantitative estimate of drug-likeness (QED) is 0.666. The molecule has 1 heterocycles. The molecule has 1 atom stereocenters. The molecule has 0 N–H and O–H groups in total. The topological polar surface area (TPSA) is 12.4 Å². The lowest BCUT2D eigenvalue weighted by Gasteiger charge is -2.27. The van der Waals surface area contributed by atoms with E-state index in [-0.39, 0.29) is 0 Å². The SMILES string of the molecule is c1ccc2c3c(ccc2c1)=NCC1CCCCC=31. The highest BCUT2D eigenvalue weighted by molar-refractivity contribution is 5.85. The van der Waals surface area contributed by atoms with Gasteiger partial charge in [0.2, 0.25) is 0 Å². The van der Waals surface area contributed by atoms with Crippen LogP contribution in [0.3, 0.4) is 0 Å². The van der Waals surface area contributed by atoms with Gasteiger partial charge >= 0.3 is 0 Å². The average Bonchev–Trinajstić information content (AvgIpc) is 2.46. The van der Waals surface area contributed by atoms with Crippen molar-refractivity contribution in [3.8, 4) is 0 Å². The van der Waals surface area contributed by atoms with E-state index >= 15 is 0 Å². The number of hydrogen-bond acceptors (Lipinski definition) is 1. The fraction of sp³-hybridized carbons (Fsp3) is 0.353. The number of nitrogens with zero attached hydrogens (tertiary/aromatic N) is 1. The van der Waals surface area contributed by atoms with E-state index < -0.39 is 0 Å². The monoisotopic (exact) mass is 235 g/mol. The van der Waals surface area contributed by atoms with Crippen LogP contribution in [0.25, 0.3) is 16.3 Å². The smallest absolute Gasteiger partial charge is 0.0652 e. The normalized spacial score (nSPS) is 22.2. The minimum absolute atomic E-state index is 0.719. The summed E-state index contributed by atoms with van der Waals surface area (Å²) in [6, 6.07) is 13.2. The molecule has 2 aromatic rings. The summed E-state index contributed by atoms with van der Waals surface area (Å²) >= 11 is 0. The molecule has 1 saturated carbocycles. The van der Waals surface area contributed by atoms with Crippen molar-refractivity contribution >= 4 is 16.3 Å². The highest BCUT2D eigenvalue weighted by Gasteiger charge is 2.22. The van der Waals surface area contributed by atoms with Gasteiger partial charge in [0.05, 0.1) is 5.36 Å². The lowest BCUT2D eigenvalue weighted by molar-refractivity contribution is 0.499. The Kier molecular flexibility index (Phi) is 2.26. The zero-order valence-electron chi connectivity index (χ0n) is 10.5. The van der Waals surface area contributed by atoms with Crippen LogP contribution in [0.15, 0.2) is 41.4 Å². The van der Waals surface area contributed by atoms with Crippen molar-refractivity contribution in [3.63, 3.8) is 0 Å². The number of hydrogen-bond donors (Lipinski definition) is 0. The lowest BCUT2D eigenvalue weighted by Crippen LogP contribution is -2.36. The Morgan fingerprint density at radius 3 is 2.94 bits per heavy atom. The Morgan fingerprint density at radius 2 is 1.94 bits per heavy atom. The second-order valence-corrected chi connectivity index (χ2v) is 5.49. The molecule has 1 heteroatoms. The van der Waals surface area contributed by atoms with Crippen LogP contribution in [0.4, 0.5) is 0 Å². The fourth-order valence-corrected chi connectivity index (χ4v) is 3.55. The van der Waals surface area contributed by atoms with Crippen LogP contribution < -0.4 is 10.6 Å². The maximum Gasteiger partial charge on any atom is 0.0652 e. The highest BCUT2D eigenvalue weighted by atomic mass is 14.7. The number of rotatable bonds is 0. The van der Waals surface area contributed by atoms with E-state index in [4.69, 9.17) is 4.99 Å². The van der Waals surface area contributed by atoms with Gasteiger partial charge in [0.15, 0.2) is 0 Å². The first-order valence-corrected chi connectivity index (χ1v) is 6.99. The molecular weight excluding hydrogens is 218 g/mol. The van der Waals surface area contributed by atoms with Crippen molar-refractivity contribution in [2.75, 3.05) is 6.54 Å². The molecule has 0 aromatic heterocycles. The molecule has 1 aliphatic heterocycles. The summed E-state index contributed by atoms with van der Waals surface area (Å²) in [5.74, 6) is 0.719. The van der Waals surface area contributed by atoms with Crippen LogP contribution in [0.1, 0.15) is 25.7 Å². The Bertz CT molecular complexity index is 727. The minimum atomic E-state index is 0.719. The van der Waals surface area contributed by atoms with Gasteiger partial charge < -0.3 is 0 Å². The zero-order chi connectivity index (χ0) is 11.9. The molecule has 4 rings (SSSR count). The summed E-state index contributed by atoms with van der Waals surface area (Å²) in [5, 5.41) is 5.44. The van der Waals surface area contributed by atoms with Crippen molar-refractivity contribution < 1.29 is 0 Å². The lowest BCUT2D eigenvalue weighted by atomic mass is 9.81. The van der Waals surface area contributed by atoms with Gasteiger partial charge in [-0.25, -0.2) is 0 Å². The maximum absolute atomic E-state index is 4.81. The van der Waals surface area contributed by atoms with E-state index in [0.717, 1.165) is 12.5 Å². The Hall–Kier alpha value is -1.63. The Balaban J connectivity index is 2.18. The molecule has 0 spiro atoms. The first-order chi connectivity index (χ1) is 8.93. The maximum atomic E-state index is 4.81. The van der Waals surface area contributed by atoms with Crippen molar-refractivity contribution in [1.29, 1.82) is 0 Å². The molecule has 1 nitrogen and oxygen atoms in total. The molecule has 2 aliphatic rings. The average molecular weight is 235 g/mol.